The summed E-state index contributed by atoms with van der Waals surface area (Å²) in [6, 6.07) is 14.1. The molecule has 0 unspecified atom stereocenters. The molecule has 3 heterocycles. The van der Waals surface area contributed by atoms with Crippen LogP contribution in [0.4, 0.5) is 4.39 Å². The molecule has 9 heteroatoms. The summed E-state index contributed by atoms with van der Waals surface area (Å²) in [5.41, 5.74) is 2.80. The second-order valence-corrected chi connectivity index (χ2v) is 9.31. The molecule has 2 aromatic heterocycles. The van der Waals surface area contributed by atoms with E-state index in [0.29, 0.717) is 48.3 Å². The van der Waals surface area contributed by atoms with Crippen LogP contribution < -0.4 is 4.74 Å². The number of pyridine rings is 1. The van der Waals surface area contributed by atoms with E-state index in [9.17, 15) is 9.18 Å². The highest BCUT2D eigenvalue weighted by atomic mass is 19.1. The molecule has 4 aromatic rings. The van der Waals surface area contributed by atoms with Gasteiger partial charge < -0.3 is 14.4 Å². The summed E-state index contributed by atoms with van der Waals surface area (Å²) in [5, 5.41) is 5.16. The summed E-state index contributed by atoms with van der Waals surface area (Å²) in [5.74, 6) is 1.52. The molecule has 1 aliphatic rings. The number of carbonyl (C=O) groups excluding carboxylic acids is 1. The molecule has 192 valence electrons. The number of hydrogen-bond donors (Lipinski definition) is 0. The van der Waals surface area contributed by atoms with Gasteiger partial charge in [0.25, 0.3) is 0 Å². The Labute approximate surface area is 215 Å². The average molecular weight is 504 g/mol. The molecular weight excluding hydrogens is 473 g/mol. The SMILES string of the molecule is COc1ccccc1-c1nc2cc(F)ccc2cc1CN(C[C@H]1CCCO1)C(=O)Cn1nc(C)nc1C. The summed E-state index contributed by atoms with van der Waals surface area (Å²) >= 11 is 0. The van der Waals surface area contributed by atoms with Gasteiger partial charge in [0.15, 0.2) is 0 Å². The molecule has 0 aliphatic carbocycles. The van der Waals surface area contributed by atoms with Crippen molar-refractivity contribution in [2.45, 2.75) is 45.9 Å². The van der Waals surface area contributed by atoms with Crippen LogP contribution in [0.25, 0.3) is 22.2 Å². The Morgan fingerprint density at radius 2 is 2.03 bits per heavy atom. The lowest BCUT2D eigenvalue weighted by Crippen LogP contribution is -2.39. The van der Waals surface area contributed by atoms with Crippen LogP contribution in [0.3, 0.4) is 0 Å². The number of fused-ring (bicyclic) bond motifs is 1. The predicted octanol–water partition coefficient (Wildman–Crippen LogP) is 4.47. The first-order valence-corrected chi connectivity index (χ1v) is 12.4. The van der Waals surface area contributed by atoms with E-state index in [-0.39, 0.29) is 24.4 Å². The Morgan fingerprint density at radius 1 is 1.19 bits per heavy atom. The van der Waals surface area contributed by atoms with Gasteiger partial charge in [0.1, 0.15) is 29.8 Å². The molecule has 2 aromatic carbocycles. The molecule has 1 saturated heterocycles. The maximum atomic E-state index is 14.1. The molecule has 37 heavy (non-hydrogen) atoms. The Kier molecular flexibility index (Phi) is 7.14. The van der Waals surface area contributed by atoms with Gasteiger partial charge in [0, 0.05) is 36.7 Å². The topological polar surface area (TPSA) is 82.4 Å². The number of aryl methyl sites for hydroxylation is 2. The molecule has 0 radical (unpaired) electrons. The van der Waals surface area contributed by atoms with Crippen LogP contribution in [0.5, 0.6) is 5.75 Å². The number of halogens is 1. The zero-order valence-electron chi connectivity index (χ0n) is 21.3. The standard InChI is InChI=1S/C28H30FN5O3/c1-18-30-19(2)34(32-18)17-27(35)33(16-23-7-6-12-37-23)15-21-13-20-10-11-22(29)14-25(20)31-28(21)24-8-4-5-9-26(24)36-3/h4-5,8-11,13-14,23H,6-7,12,15-17H2,1-3H3/t23-/m1/s1. The number of aromatic nitrogens is 4. The summed E-state index contributed by atoms with van der Waals surface area (Å²) < 4.78 is 27.2. The highest BCUT2D eigenvalue weighted by Crippen LogP contribution is 2.33. The van der Waals surface area contributed by atoms with Crippen LogP contribution in [0.1, 0.15) is 30.1 Å². The van der Waals surface area contributed by atoms with Crippen molar-refractivity contribution < 1.29 is 18.7 Å². The van der Waals surface area contributed by atoms with E-state index in [2.05, 4.69) is 10.1 Å². The van der Waals surface area contributed by atoms with E-state index in [1.54, 1.807) is 29.7 Å². The van der Waals surface area contributed by atoms with Crippen molar-refractivity contribution in [2.75, 3.05) is 20.3 Å². The fourth-order valence-electron chi connectivity index (χ4n) is 4.81. The van der Waals surface area contributed by atoms with E-state index in [4.69, 9.17) is 14.5 Å². The van der Waals surface area contributed by atoms with Crippen LogP contribution in [0, 0.1) is 19.7 Å². The van der Waals surface area contributed by atoms with Gasteiger partial charge >= 0.3 is 0 Å². The van der Waals surface area contributed by atoms with Gasteiger partial charge in [0.05, 0.1) is 24.4 Å². The van der Waals surface area contributed by atoms with Crippen LogP contribution in [-0.2, 0) is 22.6 Å². The first-order valence-electron chi connectivity index (χ1n) is 12.4. The van der Waals surface area contributed by atoms with Gasteiger partial charge in [-0.05, 0) is 62.6 Å². The number of para-hydroxylation sites is 1. The minimum Gasteiger partial charge on any atom is -0.496 e. The predicted molar refractivity (Wildman–Crippen MR) is 138 cm³/mol. The minimum atomic E-state index is -0.354. The second-order valence-electron chi connectivity index (χ2n) is 9.31. The largest absolute Gasteiger partial charge is 0.496 e. The summed E-state index contributed by atoms with van der Waals surface area (Å²) in [6.45, 7) is 5.18. The number of carbonyl (C=O) groups is 1. The Hall–Kier alpha value is -3.85. The van der Waals surface area contributed by atoms with Gasteiger partial charge in [-0.15, -0.1) is 0 Å². The van der Waals surface area contributed by atoms with E-state index >= 15 is 0 Å². The molecule has 1 fully saturated rings. The number of rotatable bonds is 8. The lowest BCUT2D eigenvalue weighted by Gasteiger charge is -2.27. The number of ether oxygens (including phenoxy) is 2. The summed E-state index contributed by atoms with van der Waals surface area (Å²) in [6.07, 6.45) is 1.85. The third kappa shape index (κ3) is 5.46. The number of amides is 1. The van der Waals surface area contributed by atoms with E-state index < -0.39 is 0 Å². The highest BCUT2D eigenvalue weighted by molar-refractivity contribution is 5.85. The first kappa shape index (κ1) is 24.8. The molecule has 1 amide bonds. The highest BCUT2D eigenvalue weighted by Gasteiger charge is 2.25. The summed E-state index contributed by atoms with van der Waals surface area (Å²) in [7, 11) is 1.61. The molecule has 1 atom stereocenters. The van der Waals surface area contributed by atoms with E-state index in [1.165, 1.54) is 12.1 Å². The van der Waals surface area contributed by atoms with Gasteiger partial charge in [-0.25, -0.2) is 19.0 Å². The van der Waals surface area contributed by atoms with Crippen molar-refractivity contribution in [3.8, 4) is 17.0 Å². The van der Waals surface area contributed by atoms with Crippen molar-refractivity contribution in [1.29, 1.82) is 0 Å². The normalized spacial score (nSPS) is 15.3. The molecule has 0 bridgehead atoms. The number of benzene rings is 2. The third-order valence-electron chi connectivity index (χ3n) is 6.63. The van der Waals surface area contributed by atoms with Crippen molar-refractivity contribution in [3.05, 3.63) is 71.6 Å². The number of methoxy groups -OCH3 is 1. The van der Waals surface area contributed by atoms with E-state index in [1.807, 2.05) is 37.3 Å². The van der Waals surface area contributed by atoms with Crippen LogP contribution >= 0.6 is 0 Å². The van der Waals surface area contributed by atoms with Gasteiger partial charge in [-0.1, -0.05) is 12.1 Å². The fraction of sp³-hybridized carbons (Fsp3) is 0.357. The average Bonchev–Trinajstić information content (AvgIpc) is 3.51. The summed E-state index contributed by atoms with van der Waals surface area (Å²) in [4.78, 5) is 24.6. The molecule has 0 spiro atoms. The molecule has 8 nitrogen and oxygen atoms in total. The van der Waals surface area contributed by atoms with Gasteiger partial charge in [-0.2, -0.15) is 5.10 Å². The third-order valence-corrected chi connectivity index (χ3v) is 6.63. The first-order chi connectivity index (χ1) is 17.9. The smallest absolute Gasteiger partial charge is 0.244 e. The Morgan fingerprint density at radius 3 is 2.76 bits per heavy atom. The van der Waals surface area contributed by atoms with Gasteiger partial charge in [-0.3, -0.25) is 4.79 Å². The molecular formula is C28H30FN5O3. The van der Waals surface area contributed by atoms with Crippen molar-refractivity contribution in [3.63, 3.8) is 0 Å². The molecule has 0 saturated carbocycles. The maximum absolute atomic E-state index is 14.1. The molecule has 0 N–H and O–H groups in total. The lowest BCUT2D eigenvalue weighted by atomic mass is 10.0. The number of nitrogens with zero attached hydrogens (tertiary/aromatic N) is 5. The lowest BCUT2D eigenvalue weighted by molar-refractivity contribution is -0.134. The number of hydrogen-bond acceptors (Lipinski definition) is 6. The molecule has 1 aliphatic heterocycles. The Bertz CT molecular complexity index is 1430. The monoisotopic (exact) mass is 503 g/mol. The van der Waals surface area contributed by atoms with E-state index in [0.717, 1.165) is 29.4 Å². The van der Waals surface area contributed by atoms with Gasteiger partial charge in [0.2, 0.25) is 5.91 Å². The van der Waals surface area contributed by atoms with Crippen molar-refractivity contribution in [2.24, 2.45) is 0 Å². The minimum absolute atomic E-state index is 0.0280. The fourth-order valence-corrected chi connectivity index (χ4v) is 4.81. The van der Waals surface area contributed by atoms with Crippen molar-refractivity contribution in [1.82, 2.24) is 24.6 Å². The van der Waals surface area contributed by atoms with Crippen molar-refractivity contribution >= 4 is 16.8 Å². The zero-order chi connectivity index (χ0) is 25.9. The van der Waals surface area contributed by atoms with Crippen LogP contribution in [-0.4, -0.2) is 56.9 Å². The van der Waals surface area contributed by atoms with Crippen LogP contribution in [0.2, 0.25) is 0 Å². The maximum Gasteiger partial charge on any atom is 0.244 e. The molecule has 5 rings (SSSR count). The Balaban J connectivity index is 1.56. The quantitative estimate of drug-likeness (QED) is 0.353. The second kappa shape index (κ2) is 10.6. The zero-order valence-corrected chi connectivity index (χ0v) is 21.3. The van der Waals surface area contributed by atoms with Crippen LogP contribution in [0.15, 0.2) is 48.5 Å².